The summed E-state index contributed by atoms with van der Waals surface area (Å²) in [6.07, 6.45) is 2.04. The number of aromatic nitrogens is 3. The minimum atomic E-state index is -3.73. The van der Waals surface area contributed by atoms with Gasteiger partial charge in [-0.05, 0) is 38.0 Å². The molecule has 0 spiro atoms. The number of carbonyl (C=O) groups excluding carboxylic acids is 1. The van der Waals surface area contributed by atoms with Crippen LogP contribution < -0.4 is 0 Å². The van der Waals surface area contributed by atoms with Gasteiger partial charge in [0, 0.05) is 39.0 Å². The first-order chi connectivity index (χ1) is 16.1. The third-order valence-corrected chi connectivity index (χ3v) is 8.09. The van der Waals surface area contributed by atoms with Gasteiger partial charge in [0.05, 0.1) is 42.1 Å². The Morgan fingerprint density at radius 3 is 2.82 bits per heavy atom. The summed E-state index contributed by atoms with van der Waals surface area (Å²) in [4.78, 5) is 14.8. The number of hydrogen-bond donors (Lipinski definition) is 1. The number of sulfonamides is 1. The van der Waals surface area contributed by atoms with Crippen LogP contribution >= 0.6 is 0 Å². The monoisotopic (exact) mass is 493 g/mol. The third kappa shape index (κ3) is 6.21. The molecule has 11 heteroatoms. The summed E-state index contributed by atoms with van der Waals surface area (Å²) in [6, 6.07) is 6.44. The summed E-state index contributed by atoms with van der Waals surface area (Å²) in [5, 5.41) is 17.8. The molecule has 0 fully saturated rings. The number of aryl methyl sites for hydroxylation is 2. The molecule has 1 N–H and O–H groups in total. The van der Waals surface area contributed by atoms with Gasteiger partial charge in [0.1, 0.15) is 0 Å². The highest BCUT2D eigenvalue weighted by atomic mass is 32.2. The second-order valence-corrected chi connectivity index (χ2v) is 11.1. The predicted octanol–water partition coefficient (Wildman–Crippen LogP) is 1.43. The van der Waals surface area contributed by atoms with Gasteiger partial charge in [0.25, 0.3) is 0 Å². The molecular formula is C23H35N5O5S. The maximum absolute atomic E-state index is 13.2. The minimum Gasteiger partial charge on any atom is -0.394 e. The van der Waals surface area contributed by atoms with Crippen LogP contribution in [-0.4, -0.2) is 82.5 Å². The van der Waals surface area contributed by atoms with E-state index in [1.165, 1.54) is 11.4 Å². The van der Waals surface area contributed by atoms with Crippen molar-refractivity contribution in [2.24, 2.45) is 5.92 Å². The Bertz CT molecular complexity index is 1070. The van der Waals surface area contributed by atoms with Crippen LogP contribution in [0.5, 0.6) is 0 Å². The van der Waals surface area contributed by atoms with Crippen molar-refractivity contribution >= 4 is 15.9 Å². The molecule has 188 valence electrons. The van der Waals surface area contributed by atoms with Crippen molar-refractivity contribution in [2.75, 3.05) is 26.7 Å². The van der Waals surface area contributed by atoms with E-state index in [1.807, 2.05) is 19.9 Å². The molecule has 1 aromatic carbocycles. The van der Waals surface area contributed by atoms with Crippen molar-refractivity contribution in [2.45, 2.75) is 63.8 Å². The van der Waals surface area contributed by atoms with Crippen LogP contribution in [0.4, 0.5) is 0 Å². The number of aliphatic hydroxyl groups is 1. The maximum Gasteiger partial charge on any atom is 0.242 e. The number of hydrogen-bond acceptors (Lipinski definition) is 7. The highest BCUT2D eigenvalue weighted by molar-refractivity contribution is 7.89. The molecule has 0 unspecified atom stereocenters. The van der Waals surface area contributed by atoms with Gasteiger partial charge in [-0.15, -0.1) is 5.10 Å². The van der Waals surface area contributed by atoms with Gasteiger partial charge in [-0.2, -0.15) is 4.31 Å². The van der Waals surface area contributed by atoms with Crippen LogP contribution in [0.25, 0.3) is 0 Å². The zero-order valence-electron chi connectivity index (χ0n) is 20.3. The minimum absolute atomic E-state index is 0.0601. The summed E-state index contributed by atoms with van der Waals surface area (Å²) in [7, 11) is -2.19. The smallest absolute Gasteiger partial charge is 0.242 e. The second kappa shape index (κ2) is 11.4. The SMILES string of the molecule is Cc1cccc(S(=O)(=O)N(C)C[C@H]2OCc3cnnn3CCCC(=O)N([C@@H](C)CO)C[C@@H]2C)c1. The molecule has 0 aliphatic carbocycles. The molecule has 0 saturated heterocycles. The third-order valence-electron chi connectivity index (χ3n) is 6.27. The quantitative estimate of drug-likeness (QED) is 0.647. The molecule has 3 atom stereocenters. The molecule has 1 amide bonds. The second-order valence-electron chi connectivity index (χ2n) is 9.06. The number of likely N-dealkylation sites (N-methyl/N-ethyl adjacent to an activating group) is 1. The summed E-state index contributed by atoms with van der Waals surface area (Å²) >= 11 is 0. The Hall–Kier alpha value is -2.34. The van der Waals surface area contributed by atoms with Crippen LogP contribution in [0.3, 0.4) is 0 Å². The number of fused-ring (bicyclic) bond motifs is 1. The lowest BCUT2D eigenvalue weighted by Crippen LogP contribution is -2.47. The van der Waals surface area contributed by atoms with Crippen LogP contribution in [0.2, 0.25) is 0 Å². The van der Waals surface area contributed by atoms with Gasteiger partial charge >= 0.3 is 0 Å². The van der Waals surface area contributed by atoms with E-state index in [9.17, 15) is 18.3 Å². The number of amides is 1. The highest BCUT2D eigenvalue weighted by Gasteiger charge is 2.31. The molecular weight excluding hydrogens is 458 g/mol. The van der Waals surface area contributed by atoms with E-state index >= 15 is 0 Å². The van der Waals surface area contributed by atoms with E-state index < -0.39 is 16.1 Å². The van der Waals surface area contributed by atoms with Crippen molar-refractivity contribution in [1.82, 2.24) is 24.2 Å². The van der Waals surface area contributed by atoms with Crippen molar-refractivity contribution in [3.8, 4) is 0 Å². The zero-order chi connectivity index (χ0) is 24.9. The number of nitrogens with zero attached hydrogens (tertiary/aromatic N) is 5. The molecule has 10 nitrogen and oxygen atoms in total. The summed E-state index contributed by atoms with van der Waals surface area (Å²) in [5.41, 5.74) is 1.63. The average Bonchev–Trinajstić information content (AvgIpc) is 3.25. The Labute approximate surface area is 201 Å². The number of ether oxygens (including phenoxy) is 1. The Morgan fingerprint density at radius 1 is 1.35 bits per heavy atom. The predicted molar refractivity (Wildman–Crippen MR) is 126 cm³/mol. The topological polar surface area (TPSA) is 118 Å². The fourth-order valence-corrected chi connectivity index (χ4v) is 5.34. The van der Waals surface area contributed by atoms with E-state index in [0.29, 0.717) is 25.9 Å². The van der Waals surface area contributed by atoms with Crippen LogP contribution in [-0.2, 0) is 32.7 Å². The van der Waals surface area contributed by atoms with Gasteiger partial charge < -0.3 is 14.7 Å². The Balaban J connectivity index is 1.87. The first-order valence-corrected chi connectivity index (χ1v) is 13.0. The molecule has 1 aromatic heterocycles. The van der Waals surface area contributed by atoms with Crippen LogP contribution in [0, 0.1) is 12.8 Å². The van der Waals surface area contributed by atoms with E-state index in [0.717, 1.165) is 11.3 Å². The van der Waals surface area contributed by atoms with Gasteiger partial charge in [-0.3, -0.25) is 4.79 Å². The molecule has 34 heavy (non-hydrogen) atoms. The van der Waals surface area contributed by atoms with Crippen molar-refractivity contribution < 1.29 is 23.1 Å². The molecule has 0 bridgehead atoms. The van der Waals surface area contributed by atoms with Gasteiger partial charge in [-0.1, -0.05) is 24.3 Å². The molecule has 3 rings (SSSR count). The largest absolute Gasteiger partial charge is 0.394 e. The van der Waals surface area contributed by atoms with E-state index in [2.05, 4.69) is 10.3 Å². The average molecular weight is 494 g/mol. The number of rotatable bonds is 6. The molecule has 2 aromatic rings. The standard InChI is InChI=1S/C23H35N5O5S/c1-17-7-5-8-21(11-17)34(31,32)26(4)14-22-18(2)13-27(19(3)15-29)23(30)9-6-10-28-20(16-33-22)12-24-25-28/h5,7-8,11-12,18-19,22,29H,6,9-10,13-16H2,1-4H3/t18-,19-,22+/m0/s1. The summed E-state index contributed by atoms with van der Waals surface area (Å²) < 4.78 is 35.7. The summed E-state index contributed by atoms with van der Waals surface area (Å²) in [5.74, 6) is -0.257. The zero-order valence-corrected chi connectivity index (χ0v) is 21.1. The van der Waals surface area contributed by atoms with Crippen LogP contribution in [0.1, 0.15) is 37.9 Å². The fourth-order valence-electron chi connectivity index (χ4n) is 4.05. The lowest BCUT2D eigenvalue weighted by atomic mass is 10.0. The highest BCUT2D eigenvalue weighted by Crippen LogP contribution is 2.21. The maximum atomic E-state index is 13.2. The van der Waals surface area contributed by atoms with Gasteiger partial charge in [-0.25, -0.2) is 13.1 Å². The number of carbonyl (C=O) groups is 1. The van der Waals surface area contributed by atoms with Crippen molar-refractivity contribution in [3.05, 3.63) is 41.7 Å². The lowest BCUT2D eigenvalue weighted by molar-refractivity contribution is -0.136. The van der Waals surface area contributed by atoms with Crippen molar-refractivity contribution in [3.63, 3.8) is 0 Å². The molecule has 0 saturated carbocycles. The molecule has 2 heterocycles. The first kappa shape index (κ1) is 26.3. The number of aliphatic hydroxyl groups excluding tert-OH is 1. The van der Waals surface area contributed by atoms with E-state index in [-0.39, 0.29) is 42.5 Å². The van der Waals surface area contributed by atoms with Crippen molar-refractivity contribution in [1.29, 1.82) is 0 Å². The van der Waals surface area contributed by atoms with E-state index in [4.69, 9.17) is 4.74 Å². The molecule has 1 aliphatic rings. The van der Waals surface area contributed by atoms with Crippen LogP contribution in [0.15, 0.2) is 35.4 Å². The Kier molecular flexibility index (Phi) is 8.80. The van der Waals surface area contributed by atoms with Gasteiger partial charge in [0.2, 0.25) is 15.9 Å². The normalized spacial score (nSPS) is 21.6. The summed E-state index contributed by atoms with van der Waals surface area (Å²) in [6.45, 7) is 6.63. The van der Waals surface area contributed by atoms with Gasteiger partial charge in [0.15, 0.2) is 0 Å². The molecule has 0 radical (unpaired) electrons. The number of benzene rings is 1. The first-order valence-electron chi connectivity index (χ1n) is 11.6. The lowest BCUT2D eigenvalue weighted by Gasteiger charge is -2.35. The van der Waals surface area contributed by atoms with E-state index in [1.54, 1.807) is 40.9 Å². The molecule has 1 aliphatic heterocycles. The fraction of sp³-hybridized carbons (Fsp3) is 0.609. The Morgan fingerprint density at radius 2 is 2.12 bits per heavy atom.